The Hall–Kier alpha value is -2.82. The predicted octanol–water partition coefficient (Wildman–Crippen LogP) is 2.25. The van der Waals surface area contributed by atoms with Crippen LogP contribution in [0, 0.1) is 0 Å². The molecule has 2 rings (SSSR count). The van der Waals surface area contributed by atoms with Gasteiger partial charge in [0.25, 0.3) is 5.56 Å². The van der Waals surface area contributed by atoms with Crippen molar-refractivity contribution in [2.45, 2.75) is 0 Å². The van der Waals surface area contributed by atoms with Crippen LogP contribution in [0.5, 0.6) is 5.75 Å². The molecule has 102 valence electrons. The van der Waals surface area contributed by atoms with Crippen molar-refractivity contribution in [3.05, 3.63) is 63.6 Å². The van der Waals surface area contributed by atoms with E-state index in [1.807, 2.05) is 30.3 Å². The van der Waals surface area contributed by atoms with Gasteiger partial charge in [0.05, 0.1) is 7.11 Å². The van der Waals surface area contributed by atoms with Crippen LogP contribution in [0.3, 0.4) is 0 Å². The van der Waals surface area contributed by atoms with Crippen LogP contribution in [-0.2, 0) is 0 Å². The third-order valence-electron chi connectivity index (χ3n) is 2.73. The molecule has 1 heterocycles. The second-order valence-corrected chi connectivity index (χ2v) is 4.07. The van der Waals surface area contributed by atoms with Crippen molar-refractivity contribution in [3.63, 3.8) is 0 Å². The smallest absolute Gasteiger partial charge is 0.341 e. The molecule has 0 aliphatic rings. The van der Waals surface area contributed by atoms with E-state index in [0.717, 1.165) is 11.3 Å². The molecule has 20 heavy (non-hydrogen) atoms. The monoisotopic (exact) mass is 271 g/mol. The topological polar surface area (TPSA) is 79.4 Å². The zero-order valence-electron chi connectivity index (χ0n) is 10.8. The third kappa shape index (κ3) is 3.14. The van der Waals surface area contributed by atoms with E-state index < -0.39 is 11.5 Å². The summed E-state index contributed by atoms with van der Waals surface area (Å²) < 4.78 is 5.06. The lowest BCUT2D eigenvalue weighted by Crippen LogP contribution is -2.17. The van der Waals surface area contributed by atoms with Gasteiger partial charge < -0.3 is 14.8 Å². The van der Waals surface area contributed by atoms with E-state index >= 15 is 0 Å². The Morgan fingerprint density at radius 2 is 1.85 bits per heavy atom. The number of aromatic amines is 1. The second-order valence-electron chi connectivity index (χ2n) is 4.07. The Morgan fingerprint density at radius 3 is 2.40 bits per heavy atom. The number of hydrogen-bond acceptors (Lipinski definition) is 3. The number of ether oxygens (including phenoxy) is 1. The lowest BCUT2D eigenvalue weighted by Gasteiger charge is -1.99. The fourth-order valence-electron chi connectivity index (χ4n) is 1.66. The first-order chi connectivity index (χ1) is 9.60. The zero-order chi connectivity index (χ0) is 14.5. The number of aromatic nitrogens is 1. The van der Waals surface area contributed by atoms with Crippen LogP contribution in [0.1, 0.15) is 21.6 Å². The number of carboxylic acid groups (broad SMARTS) is 1. The van der Waals surface area contributed by atoms with Gasteiger partial charge in [0.15, 0.2) is 0 Å². The number of benzene rings is 1. The molecule has 1 aromatic carbocycles. The molecule has 0 radical (unpaired) electrons. The number of carboxylic acids is 1. The number of methoxy groups -OCH3 is 1. The molecule has 2 aromatic rings. The number of rotatable bonds is 4. The molecule has 0 unspecified atom stereocenters. The van der Waals surface area contributed by atoms with Crippen molar-refractivity contribution in [2.75, 3.05) is 7.11 Å². The molecule has 0 aliphatic carbocycles. The number of H-pyrrole nitrogens is 1. The van der Waals surface area contributed by atoms with E-state index in [2.05, 4.69) is 4.98 Å². The molecular weight excluding hydrogens is 258 g/mol. The summed E-state index contributed by atoms with van der Waals surface area (Å²) in [6, 6.07) is 10.2. The first-order valence-corrected chi connectivity index (χ1v) is 5.89. The molecule has 5 heteroatoms. The quantitative estimate of drug-likeness (QED) is 0.893. The summed E-state index contributed by atoms with van der Waals surface area (Å²) in [6.07, 6.45) is 3.51. The van der Waals surface area contributed by atoms with E-state index in [-0.39, 0.29) is 5.56 Å². The molecule has 5 nitrogen and oxygen atoms in total. The Balaban J connectivity index is 2.20. The van der Waals surface area contributed by atoms with Crippen LogP contribution in [-0.4, -0.2) is 23.2 Å². The van der Waals surface area contributed by atoms with Gasteiger partial charge in [-0.2, -0.15) is 0 Å². The fraction of sp³-hybridized carbons (Fsp3) is 0.0667. The van der Waals surface area contributed by atoms with Crippen molar-refractivity contribution in [2.24, 2.45) is 0 Å². The molecule has 0 saturated heterocycles. The molecule has 1 aromatic heterocycles. The van der Waals surface area contributed by atoms with E-state index in [1.165, 1.54) is 6.07 Å². The summed E-state index contributed by atoms with van der Waals surface area (Å²) >= 11 is 0. The maximum atomic E-state index is 11.5. The summed E-state index contributed by atoms with van der Waals surface area (Å²) in [6.45, 7) is 0. The fourth-order valence-corrected chi connectivity index (χ4v) is 1.66. The highest BCUT2D eigenvalue weighted by Gasteiger charge is 2.07. The highest BCUT2D eigenvalue weighted by molar-refractivity contribution is 5.87. The van der Waals surface area contributed by atoms with Crippen LogP contribution in [0.4, 0.5) is 0 Å². The molecule has 0 amide bonds. The van der Waals surface area contributed by atoms with Crippen LogP contribution >= 0.6 is 0 Å². The van der Waals surface area contributed by atoms with Crippen molar-refractivity contribution < 1.29 is 14.6 Å². The van der Waals surface area contributed by atoms with Gasteiger partial charge in [0, 0.05) is 5.69 Å². The molecule has 0 atom stereocenters. The third-order valence-corrected chi connectivity index (χ3v) is 2.73. The van der Waals surface area contributed by atoms with Crippen LogP contribution < -0.4 is 10.3 Å². The standard InChI is InChI=1S/C15H13NO4/c1-20-12-7-3-10(4-8-12)2-5-11-6-9-13(15(18)19)14(17)16-11/h2-9H,1H3,(H,16,17)(H,18,19)/b5-2+. The highest BCUT2D eigenvalue weighted by Crippen LogP contribution is 2.13. The number of carbonyl (C=O) groups is 1. The van der Waals surface area contributed by atoms with Crippen LogP contribution in [0.2, 0.25) is 0 Å². The Morgan fingerprint density at radius 1 is 1.15 bits per heavy atom. The van der Waals surface area contributed by atoms with Crippen molar-refractivity contribution in [3.8, 4) is 5.75 Å². The van der Waals surface area contributed by atoms with Crippen molar-refractivity contribution in [1.29, 1.82) is 0 Å². The summed E-state index contributed by atoms with van der Waals surface area (Å²) in [4.78, 5) is 24.7. The minimum absolute atomic E-state index is 0.272. The van der Waals surface area contributed by atoms with Crippen LogP contribution in [0.15, 0.2) is 41.2 Å². The van der Waals surface area contributed by atoms with Gasteiger partial charge >= 0.3 is 5.97 Å². The van der Waals surface area contributed by atoms with E-state index in [1.54, 1.807) is 19.3 Å². The summed E-state index contributed by atoms with van der Waals surface area (Å²) in [5.74, 6) is -0.474. The minimum atomic E-state index is -1.24. The van der Waals surface area contributed by atoms with E-state index in [0.29, 0.717) is 5.69 Å². The maximum absolute atomic E-state index is 11.5. The predicted molar refractivity (Wildman–Crippen MR) is 75.9 cm³/mol. The first kappa shape index (κ1) is 13.6. The van der Waals surface area contributed by atoms with Crippen molar-refractivity contribution >= 4 is 18.1 Å². The Kier molecular flexibility index (Phi) is 4.00. The number of aromatic carboxylic acids is 1. The van der Waals surface area contributed by atoms with Gasteiger partial charge in [0.2, 0.25) is 0 Å². The normalized spacial score (nSPS) is 10.7. The van der Waals surface area contributed by atoms with Gasteiger partial charge in [-0.3, -0.25) is 4.79 Å². The van der Waals surface area contributed by atoms with E-state index in [4.69, 9.17) is 9.84 Å². The summed E-state index contributed by atoms with van der Waals surface area (Å²) in [7, 11) is 1.60. The number of pyridine rings is 1. The van der Waals surface area contributed by atoms with Gasteiger partial charge in [-0.05, 0) is 35.9 Å². The second kappa shape index (κ2) is 5.88. The average molecular weight is 271 g/mol. The average Bonchev–Trinajstić information content (AvgIpc) is 2.45. The van der Waals surface area contributed by atoms with Crippen molar-refractivity contribution in [1.82, 2.24) is 4.98 Å². The molecule has 0 aliphatic heterocycles. The number of nitrogens with one attached hydrogen (secondary N) is 1. The summed E-state index contributed by atoms with van der Waals surface area (Å²) in [5.41, 5.74) is 0.589. The molecule has 0 spiro atoms. The minimum Gasteiger partial charge on any atom is -0.497 e. The van der Waals surface area contributed by atoms with E-state index in [9.17, 15) is 9.59 Å². The number of hydrogen-bond donors (Lipinski definition) is 2. The Bertz CT molecular complexity index is 699. The summed E-state index contributed by atoms with van der Waals surface area (Å²) in [5, 5.41) is 8.76. The lowest BCUT2D eigenvalue weighted by atomic mass is 10.2. The first-order valence-electron chi connectivity index (χ1n) is 5.89. The highest BCUT2D eigenvalue weighted by atomic mass is 16.5. The van der Waals surface area contributed by atoms with Gasteiger partial charge in [0.1, 0.15) is 11.3 Å². The largest absolute Gasteiger partial charge is 0.497 e. The van der Waals surface area contributed by atoms with Crippen LogP contribution in [0.25, 0.3) is 12.2 Å². The Labute approximate surface area is 115 Å². The van der Waals surface area contributed by atoms with Gasteiger partial charge in [-0.1, -0.05) is 18.2 Å². The lowest BCUT2D eigenvalue weighted by molar-refractivity contribution is 0.0695. The molecule has 2 N–H and O–H groups in total. The molecule has 0 fully saturated rings. The molecular formula is C15H13NO4. The zero-order valence-corrected chi connectivity index (χ0v) is 10.8. The maximum Gasteiger partial charge on any atom is 0.341 e. The molecule has 0 saturated carbocycles. The molecule has 0 bridgehead atoms. The van der Waals surface area contributed by atoms with Gasteiger partial charge in [-0.25, -0.2) is 4.79 Å². The van der Waals surface area contributed by atoms with Gasteiger partial charge in [-0.15, -0.1) is 0 Å². The SMILES string of the molecule is COc1ccc(/C=C/c2ccc(C(=O)O)c(=O)[nH]2)cc1.